The molecule has 0 spiro atoms. The highest BCUT2D eigenvalue weighted by Crippen LogP contribution is 2.18. The molecule has 28 heavy (non-hydrogen) atoms. The van der Waals surface area contributed by atoms with Crippen molar-refractivity contribution in [1.29, 1.82) is 0 Å². The van der Waals surface area contributed by atoms with E-state index in [-0.39, 0.29) is 30.8 Å². The van der Waals surface area contributed by atoms with Crippen molar-refractivity contribution in [2.75, 3.05) is 7.11 Å². The molecule has 0 saturated heterocycles. The molecule has 0 aliphatic heterocycles. The van der Waals surface area contributed by atoms with Gasteiger partial charge in [0.15, 0.2) is 0 Å². The van der Waals surface area contributed by atoms with Crippen LogP contribution in [0.25, 0.3) is 0 Å². The first-order valence-electron chi connectivity index (χ1n) is 9.28. The van der Waals surface area contributed by atoms with Gasteiger partial charge in [-0.2, -0.15) is 0 Å². The second-order valence-corrected chi connectivity index (χ2v) is 6.98. The third kappa shape index (κ3) is 5.81. The highest BCUT2D eigenvalue weighted by molar-refractivity contribution is 5.88. The summed E-state index contributed by atoms with van der Waals surface area (Å²) in [7, 11) is 1.57. The van der Waals surface area contributed by atoms with Crippen LogP contribution in [-0.4, -0.2) is 35.9 Å². The van der Waals surface area contributed by atoms with Gasteiger partial charge >= 0.3 is 0 Å². The number of benzene rings is 2. The topological polar surface area (TPSA) is 58.6 Å². The summed E-state index contributed by atoms with van der Waals surface area (Å²) in [5.74, 6) is -0.339. The van der Waals surface area contributed by atoms with E-state index in [1.807, 2.05) is 38.1 Å². The van der Waals surface area contributed by atoms with Crippen LogP contribution in [0.5, 0.6) is 5.75 Å². The van der Waals surface area contributed by atoms with Gasteiger partial charge in [-0.1, -0.05) is 30.3 Å². The van der Waals surface area contributed by atoms with E-state index in [2.05, 4.69) is 5.32 Å². The van der Waals surface area contributed by atoms with Crippen molar-refractivity contribution in [3.63, 3.8) is 0 Å². The molecule has 6 heteroatoms. The summed E-state index contributed by atoms with van der Waals surface area (Å²) in [5, 5.41) is 2.83. The van der Waals surface area contributed by atoms with E-state index in [0.29, 0.717) is 11.3 Å². The van der Waals surface area contributed by atoms with Gasteiger partial charge in [0.2, 0.25) is 11.8 Å². The summed E-state index contributed by atoms with van der Waals surface area (Å²) in [6, 6.07) is 12.7. The molecule has 1 unspecified atom stereocenters. The van der Waals surface area contributed by atoms with Gasteiger partial charge in [-0.05, 0) is 50.1 Å². The second-order valence-electron chi connectivity index (χ2n) is 6.98. The summed E-state index contributed by atoms with van der Waals surface area (Å²) in [4.78, 5) is 27.0. The lowest BCUT2D eigenvalue weighted by Gasteiger charge is -2.29. The summed E-state index contributed by atoms with van der Waals surface area (Å²) in [6.07, 6.45) is -0.115. The Morgan fingerprint density at radius 2 is 1.82 bits per heavy atom. The Morgan fingerprint density at radius 1 is 1.11 bits per heavy atom. The summed E-state index contributed by atoms with van der Waals surface area (Å²) < 4.78 is 19.2. The third-order valence-electron chi connectivity index (χ3n) is 4.38. The Kier molecular flexibility index (Phi) is 7.55. The van der Waals surface area contributed by atoms with E-state index in [4.69, 9.17) is 4.74 Å². The lowest BCUT2D eigenvalue weighted by Crippen LogP contribution is -2.49. The Labute approximate surface area is 165 Å². The van der Waals surface area contributed by atoms with E-state index < -0.39 is 11.9 Å². The number of halogens is 1. The average Bonchev–Trinajstić information content (AvgIpc) is 2.67. The number of hydrogen-bond acceptors (Lipinski definition) is 3. The van der Waals surface area contributed by atoms with Crippen molar-refractivity contribution in [3.05, 3.63) is 65.5 Å². The van der Waals surface area contributed by atoms with Crippen molar-refractivity contribution in [1.82, 2.24) is 10.2 Å². The quantitative estimate of drug-likeness (QED) is 0.757. The number of ether oxygens (including phenoxy) is 1. The molecule has 0 aliphatic rings. The predicted octanol–water partition coefficient (Wildman–Crippen LogP) is 3.32. The Hall–Kier alpha value is -2.89. The van der Waals surface area contributed by atoms with Crippen LogP contribution in [0.1, 0.15) is 31.9 Å². The van der Waals surface area contributed by atoms with Crippen molar-refractivity contribution in [2.45, 2.75) is 45.8 Å². The number of methoxy groups -OCH3 is 1. The van der Waals surface area contributed by atoms with E-state index in [9.17, 15) is 14.0 Å². The van der Waals surface area contributed by atoms with Crippen LogP contribution in [0.4, 0.5) is 4.39 Å². The first-order chi connectivity index (χ1) is 13.3. The average molecular weight is 386 g/mol. The van der Waals surface area contributed by atoms with Crippen molar-refractivity contribution in [2.24, 2.45) is 0 Å². The molecular weight excluding hydrogens is 359 g/mol. The lowest BCUT2D eigenvalue weighted by molar-refractivity contribution is -0.140. The van der Waals surface area contributed by atoms with E-state index in [0.717, 1.165) is 5.56 Å². The number of nitrogens with zero attached hydrogens (tertiary/aromatic N) is 1. The zero-order chi connectivity index (χ0) is 20.7. The molecule has 1 atom stereocenters. The molecule has 0 aliphatic carbocycles. The van der Waals surface area contributed by atoms with Gasteiger partial charge in [-0.3, -0.25) is 9.59 Å². The molecule has 0 aromatic heterocycles. The maximum absolute atomic E-state index is 14.0. The van der Waals surface area contributed by atoms with E-state index in [1.165, 1.54) is 11.0 Å². The molecule has 1 N–H and O–H groups in total. The van der Waals surface area contributed by atoms with Crippen molar-refractivity contribution < 1.29 is 18.7 Å². The second kappa shape index (κ2) is 9.88. The molecule has 0 radical (unpaired) electrons. The molecule has 2 amide bonds. The Morgan fingerprint density at radius 3 is 2.46 bits per heavy atom. The molecular formula is C22H27FN2O3. The Bertz CT molecular complexity index is 823. The fraction of sp³-hybridized carbons (Fsp3) is 0.364. The summed E-state index contributed by atoms with van der Waals surface area (Å²) in [5.41, 5.74) is 1.13. The van der Waals surface area contributed by atoms with Crippen LogP contribution in [-0.2, 0) is 22.6 Å². The van der Waals surface area contributed by atoms with Gasteiger partial charge in [0, 0.05) is 12.6 Å². The first kappa shape index (κ1) is 21.4. The maximum Gasteiger partial charge on any atom is 0.242 e. The molecule has 0 fully saturated rings. The maximum atomic E-state index is 14.0. The summed E-state index contributed by atoms with van der Waals surface area (Å²) in [6.45, 7) is 5.62. The number of rotatable bonds is 8. The fourth-order valence-electron chi connectivity index (χ4n) is 2.86. The Balaban J connectivity index is 2.27. The van der Waals surface area contributed by atoms with Crippen molar-refractivity contribution in [3.8, 4) is 5.75 Å². The lowest BCUT2D eigenvalue weighted by atomic mass is 10.1. The van der Waals surface area contributed by atoms with Gasteiger partial charge in [-0.25, -0.2) is 4.39 Å². The highest BCUT2D eigenvalue weighted by atomic mass is 19.1. The molecule has 0 bridgehead atoms. The van der Waals surface area contributed by atoms with Crippen LogP contribution in [0.2, 0.25) is 0 Å². The zero-order valence-corrected chi connectivity index (χ0v) is 16.7. The van der Waals surface area contributed by atoms with Gasteiger partial charge in [0.1, 0.15) is 17.6 Å². The molecule has 2 aromatic rings. The van der Waals surface area contributed by atoms with Crippen molar-refractivity contribution >= 4 is 11.8 Å². The minimum absolute atomic E-state index is 0.0460. The minimum Gasteiger partial charge on any atom is -0.497 e. The van der Waals surface area contributed by atoms with Gasteiger partial charge in [0.25, 0.3) is 0 Å². The summed E-state index contributed by atoms with van der Waals surface area (Å²) >= 11 is 0. The van der Waals surface area contributed by atoms with Gasteiger partial charge in [-0.15, -0.1) is 0 Å². The van der Waals surface area contributed by atoms with Gasteiger partial charge < -0.3 is 15.0 Å². The van der Waals surface area contributed by atoms with E-state index in [1.54, 1.807) is 32.2 Å². The molecule has 150 valence electrons. The fourth-order valence-corrected chi connectivity index (χ4v) is 2.86. The van der Waals surface area contributed by atoms with Crippen LogP contribution in [0.3, 0.4) is 0 Å². The standard InChI is InChI=1S/C22H27FN2O3/c1-15(2)24-22(27)16(3)25(14-17-8-7-10-19(12-17)28-4)21(26)13-18-9-5-6-11-20(18)23/h5-12,15-16H,13-14H2,1-4H3,(H,24,27). The number of carbonyl (C=O) groups is 2. The highest BCUT2D eigenvalue weighted by Gasteiger charge is 2.27. The normalized spacial score (nSPS) is 11.8. The van der Waals surface area contributed by atoms with Crippen LogP contribution in [0, 0.1) is 5.82 Å². The molecule has 2 aromatic carbocycles. The minimum atomic E-state index is -0.701. The molecule has 0 heterocycles. The smallest absolute Gasteiger partial charge is 0.242 e. The molecule has 0 saturated carbocycles. The van der Waals surface area contributed by atoms with Crippen LogP contribution in [0.15, 0.2) is 48.5 Å². The first-order valence-corrected chi connectivity index (χ1v) is 9.28. The third-order valence-corrected chi connectivity index (χ3v) is 4.38. The monoisotopic (exact) mass is 386 g/mol. The number of carbonyl (C=O) groups excluding carboxylic acids is 2. The van der Waals surface area contributed by atoms with Crippen LogP contribution < -0.4 is 10.1 Å². The SMILES string of the molecule is COc1cccc(CN(C(=O)Cc2ccccc2F)C(C)C(=O)NC(C)C)c1. The zero-order valence-electron chi connectivity index (χ0n) is 16.7. The van der Waals surface area contributed by atoms with Gasteiger partial charge in [0.05, 0.1) is 13.5 Å². The number of amides is 2. The molecule has 5 nitrogen and oxygen atoms in total. The predicted molar refractivity (Wildman–Crippen MR) is 106 cm³/mol. The van der Waals surface area contributed by atoms with E-state index >= 15 is 0 Å². The van der Waals surface area contributed by atoms with Crippen LogP contribution >= 0.6 is 0 Å². The largest absolute Gasteiger partial charge is 0.497 e. The number of nitrogens with one attached hydrogen (secondary N) is 1. The number of hydrogen-bond donors (Lipinski definition) is 1. The molecule has 2 rings (SSSR count).